The lowest BCUT2D eigenvalue weighted by Crippen LogP contribution is -2.20. The van der Waals surface area contributed by atoms with Gasteiger partial charge in [-0.25, -0.2) is 4.79 Å². The number of ether oxygens (including phenoxy) is 1. The van der Waals surface area contributed by atoms with Crippen LogP contribution >= 0.6 is 0 Å². The van der Waals surface area contributed by atoms with Gasteiger partial charge in [-0.3, -0.25) is 9.48 Å². The molecule has 1 N–H and O–H groups in total. The summed E-state index contributed by atoms with van der Waals surface area (Å²) in [5.74, 6) is 0.178. The van der Waals surface area contributed by atoms with Crippen molar-refractivity contribution >= 4 is 22.6 Å². The molecule has 1 amide bonds. The summed E-state index contributed by atoms with van der Waals surface area (Å²) in [6.07, 6.45) is 0.731. The molecule has 0 aliphatic heterocycles. The Morgan fingerprint density at radius 3 is 2.73 bits per heavy atom. The molecular weight excluding hydrogens is 334 g/mol. The minimum absolute atomic E-state index is 0.156. The Kier molecular flexibility index (Phi) is 4.79. The minimum Gasteiger partial charge on any atom is -0.484 e. The van der Waals surface area contributed by atoms with E-state index in [9.17, 15) is 9.59 Å². The lowest BCUT2D eigenvalue weighted by atomic mass is 10.1. The molecule has 7 nitrogen and oxygen atoms in total. The van der Waals surface area contributed by atoms with Crippen LogP contribution in [0, 0.1) is 13.8 Å². The molecular formula is C19H21N3O4. The number of aryl methyl sites for hydroxylation is 3. The lowest BCUT2D eigenvalue weighted by molar-refractivity contribution is -0.118. The number of nitrogens with one attached hydrogen (secondary N) is 1. The van der Waals surface area contributed by atoms with Gasteiger partial charge in [0.1, 0.15) is 11.3 Å². The van der Waals surface area contributed by atoms with Crippen LogP contribution in [0.1, 0.15) is 23.9 Å². The Morgan fingerprint density at radius 1 is 1.31 bits per heavy atom. The van der Waals surface area contributed by atoms with E-state index in [1.54, 1.807) is 16.8 Å². The fourth-order valence-electron chi connectivity index (χ4n) is 2.87. The Hall–Kier alpha value is -3.09. The van der Waals surface area contributed by atoms with Crippen LogP contribution < -0.4 is 15.7 Å². The molecule has 7 heteroatoms. The number of rotatable bonds is 5. The van der Waals surface area contributed by atoms with Gasteiger partial charge < -0.3 is 14.5 Å². The van der Waals surface area contributed by atoms with Crippen molar-refractivity contribution in [3.63, 3.8) is 0 Å². The maximum absolute atomic E-state index is 12.2. The topological polar surface area (TPSA) is 86.4 Å². The van der Waals surface area contributed by atoms with Gasteiger partial charge in [0.05, 0.1) is 17.1 Å². The average molecular weight is 355 g/mol. The number of hydrogen-bond donors (Lipinski definition) is 1. The molecule has 0 atom stereocenters. The number of nitrogens with zero attached hydrogens (tertiary/aromatic N) is 2. The van der Waals surface area contributed by atoms with Crippen molar-refractivity contribution in [2.45, 2.75) is 27.2 Å². The Morgan fingerprint density at radius 2 is 2.08 bits per heavy atom. The molecule has 136 valence electrons. The third-order valence-corrected chi connectivity index (χ3v) is 4.33. The third kappa shape index (κ3) is 3.46. The number of carbonyl (C=O) groups is 1. The SMILES string of the molecule is CCc1cc(=O)oc2cc(OCC(=O)Nc3c(C)nn(C)c3C)ccc12. The summed E-state index contributed by atoms with van der Waals surface area (Å²) >= 11 is 0. The zero-order chi connectivity index (χ0) is 18.8. The lowest BCUT2D eigenvalue weighted by Gasteiger charge is -2.09. The van der Waals surface area contributed by atoms with Crippen molar-refractivity contribution in [2.75, 3.05) is 11.9 Å². The molecule has 0 radical (unpaired) electrons. The van der Waals surface area contributed by atoms with E-state index in [2.05, 4.69) is 10.4 Å². The van der Waals surface area contributed by atoms with Crippen LogP contribution in [0.3, 0.4) is 0 Å². The van der Waals surface area contributed by atoms with E-state index in [0.717, 1.165) is 28.8 Å². The Labute approximate surface area is 150 Å². The van der Waals surface area contributed by atoms with E-state index in [1.165, 1.54) is 6.07 Å². The van der Waals surface area contributed by atoms with Crippen LogP contribution in [0.2, 0.25) is 0 Å². The first-order chi connectivity index (χ1) is 12.4. The summed E-state index contributed by atoms with van der Waals surface area (Å²) in [6, 6.07) is 6.72. The van der Waals surface area contributed by atoms with Gasteiger partial charge in [0, 0.05) is 24.6 Å². The summed E-state index contributed by atoms with van der Waals surface area (Å²) in [4.78, 5) is 23.8. The number of hydrogen-bond acceptors (Lipinski definition) is 5. The fourth-order valence-corrected chi connectivity index (χ4v) is 2.87. The van der Waals surface area contributed by atoms with Crippen molar-refractivity contribution in [3.8, 4) is 5.75 Å². The van der Waals surface area contributed by atoms with E-state index in [1.807, 2.05) is 33.9 Å². The number of amides is 1. The molecule has 1 aromatic carbocycles. The monoisotopic (exact) mass is 355 g/mol. The number of carbonyl (C=O) groups excluding carboxylic acids is 1. The van der Waals surface area contributed by atoms with Crippen LogP contribution in [0.25, 0.3) is 11.0 Å². The number of fused-ring (bicyclic) bond motifs is 1. The average Bonchev–Trinajstić information content (AvgIpc) is 2.85. The number of anilines is 1. The summed E-state index contributed by atoms with van der Waals surface area (Å²) in [7, 11) is 1.82. The van der Waals surface area contributed by atoms with Crippen LogP contribution in [0.5, 0.6) is 5.75 Å². The number of aromatic nitrogens is 2. The molecule has 0 aliphatic carbocycles. The second-order valence-electron chi connectivity index (χ2n) is 6.11. The molecule has 0 saturated carbocycles. The van der Waals surface area contributed by atoms with Crippen LogP contribution in [0.15, 0.2) is 33.5 Å². The summed E-state index contributed by atoms with van der Waals surface area (Å²) in [6.45, 7) is 5.54. The zero-order valence-electron chi connectivity index (χ0n) is 15.3. The second kappa shape index (κ2) is 7.03. The van der Waals surface area contributed by atoms with Crippen LogP contribution in [-0.2, 0) is 18.3 Å². The van der Waals surface area contributed by atoms with Crippen molar-refractivity contribution < 1.29 is 13.9 Å². The second-order valence-corrected chi connectivity index (χ2v) is 6.11. The van der Waals surface area contributed by atoms with Gasteiger partial charge in [-0.05, 0) is 38.0 Å². The third-order valence-electron chi connectivity index (χ3n) is 4.33. The maximum Gasteiger partial charge on any atom is 0.336 e. The zero-order valence-corrected chi connectivity index (χ0v) is 15.3. The van der Waals surface area contributed by atoms with Gasteiger partial charge in [-0.15, -0.1) is 0 Å². The fraction of sp³-hybridized carbons (Fsp3) is 0.316. The first kappa shape index (κ1) is 17.7. The van der Waals surface area contributed by atoms with Gasteiger partial charge in [-0.1, -0.05) is 6.92 Å². The number of benzene rings is 1. The molecule has 0 spiro atoms. The highest BCUT2D eigenvalue weighted by atomic mass is 16.5. The highest BCUT2D eigenvalue weighted by Gasteiger charge is 2.13. The first-order valence-electron chi connectivity index (χ1n) is 8.38. The van der Waals surface area contributed by atoms with Gasteiger partial charge in [0.25, 0.3) is 5.91 Å². The minimum atomic E-state index is -0.397. The van der Waals surface area contributed by atoms with Crippen molar-refractivity contribution in [1.82, 2.24) is 9.78 Å². The maximum atomic E-state index is 12.2. The van der Waals surface area contributed by atoms with Crippen molar-refractivity contribution in [2.24, 2.45) is 7.05 Å². The first-order valence-corrected chi connectivity index (χ1v) is 8.38. The van der Waals surface area contributed by atoms with E-state index in [0.29, 0.717) is 17.0 Å². The van der Waals surface area contributed by atoms with E-state index in [-0.39, 0.29) is 12.5 Å². The molecule has 2 heterocycles. The van der Waals surface area contributed by atoms with Gasteiger partial charge in [0.2, 0.25) is 0 Å². The van der Waals surface area contributed by atoms with E-state index in [4.69, 9.17) is 9.15 Å². The van der Waals surface area contributed by atoms with Crippen LogP contribution in [-0.4, -0.2) is 22.3 Å². The molecule has 3 aromatic rings. The molecule has 0 aliphatic rings. The van der Waals surface area contributed by atoms with Crippen LogP contribution in [0.4, 0.5) is 5.69 Å². The van der Waals surface area contributed by atoms with E-state index < -0.39 is 5.63 Å². The van der Waals surface area contributed by atoms with Crippen molar-refractivity contribution in [3.05, 3.63) is 51.6 Å². The highest BCUT2D eigenvalue weighted by Crippen LogP contribution is 2.23. The largest absolute Gasteiger partial charge is 0.484 e. The summed E-state index contributed by atoms with van der Waals surface area (Å²) < 4.78 is 12.5. The standard InChI is InChI=1S/C19H21N3O4/c1-5-13-8-18(24)26-16-9-14(6-7-15(13)16)25-10-17(23)20-19-11(2)21-22(4)12(19)3/h6-9H,5,10H2,1-4H3,(H,20,23). The predicted molar refractivity (Wildman–Crippen MR) is 98.7 cm³/mol. The molecule has 2 aromatic heterocycles. The molecule has 0 saturated heterocycles. The Bertz CT molecular complexity index is 1030. The molecule has 3 rings (SSSR count). The molecule has 0 fully saturated rings. The highest BCUT2D eigenvalue weighted by molar-refractivity contribution is 5.93. The summed E-state index contributed by atoms with van der Waals surface area (Å²) in [5.41, 5.74) is 3.28. The predicted octanol–water partition coefficient (Wildman–Crippen LogP) is 2.72. The van der Waals surface area contributed by atoms with Gasteiger partial charge >= 0.3 is 5.63 Å². The quantitative estimate of drug-likeness (QED) is 0.711. The summed E-state index contributed by atoms with van der Waals surface area (Å²) in [5, 5.41) is 7.94. The van der Waals surface area contributed by atoms with Gasteiger partial charge in [-0.2, -0.15) is 5.10 Å². The molecule has 0 unspecified atom stereocenters. The Balaban J connectivity index is 1.73. The molecule has 26 heavy (non-hydrogen) atoms. The van der Waals surface area contributed by atoms with E-state index >= 15 is 0 Å². The smallest absolute Gasteiger partial charge is 0.336 e. The normalized spacial score (nSPS) is 10.9. The molecule has 0 bridgehead atoms. The van der Waals surface area contributed by atoms with Gasteiger partial charge in [0.15, 0.2) is 6.61 Å². The van der Waals surface area contributed by atoms with Crippen molar-refractivity contribution in [1.29, 1.82) is 0 Å².